The van der Waals surface area contributed by atoms with Crippen molar-refractivity contribution in [3.05, 3.63) is 59.7 Å². The first kappa shape index (κ1) is 29.7. The molecule has 2 rings (SSSR count). The molecule has 0 aliphatic heterocycles. The molecular formula is C29H41N3O5. The second-order valence-corrected chi connectivity index (χ2v) is 10.4. The molecule has 0 saturated carbocycles. The van der Waals surface area contributed by atoms with Crippen molar-refractivity contribution in [3.63, 3.8) is 0 Å². The fourth-order valence-electron chi connectivity index (χ4n) is 4.04. The molecule has 0 aliphatic rings. The zero-order valence-corrected chi connectivity index (χ0v) is 23.3. The topological polar surface area (TPSA) is 97.0 Å². The molecule has 0 bridgehead atoms. The number of hydrogen-bond acceptors (Lipinski definition) is 5. The molecule has 0 heterocycles. The van der Waals surface area contributed by atoms with E-state index in [0.717, 1.165) is 5.56 Å². The second-order valence-electron chi connectivity index (χ2n) is 10.4. The van der Waals surface area contributed by atoms with Crippen LogP contribution in [0.5, 0.6) is 5.75 Å². The van der Waals surface area contributed by atoms with Crippen molar-refractivity contribution in [1.82, 2.24) is 10.2 Å². The number of rotatable bonds is 10. The summed E-state index contributed by atoms with van der Waals surface area (Å²) in [6.45, 7) is 13.2. The number of anilines is 1. The summed E-state index contributed by atoms with van der Waals surface area (Å²) in [4.78, 5) is 41.8. The molecule has 8 nitrogen and oxygen atoms in total. The third-order valence-corrected chi connectivity index (χ3v) is 5.72. The van der Waals surface area contributed by atoms with Gasteiger partial charge in [0.25, 0.3) is 5.91 Å². The van der Waals surface area contributed by atoms with Gasteiger partial charge in [-0.1, -0.05) is 38.1 Å². The highest BCUT2D eigenvalue weighted by Crippen LogP contribution is 2.28. The van der Waals surface area contributed by atoms with Crippen molar-refractivity contribution in [2.75, 3.05) is 19.0 Å². The summed E-state index contributed by atoms with van der Waals surface area (Å²) in [5.41, 5.74) is 1.47. The Morgan fingerprint density at radius 1 is 1.00 bits per heavy atom. The van der Waals surface area contributed by atoms with E-state index in [9.17, 15) is 14.4 Å². The van der Waals surface area contributed by atoms with Crippen molar-refractivity contribution in [1.29, 1.82) is 0 Å². The van der Waals surface area contributed by atoms with Gasteiger partial charge in [-0.3, -0.25) is 9.59 Å². The maximum Gasteiger partial charge on any atom is 0.408 e. The Bertz CT molecular complexity index is 1060. The first-order valence-electron chi connectivity index (χ1n) is 12.7. The van der Waals surface area contributed by atoms with E-state index in [2.05, 4.69) is 10.6 Å². The molecule has 0 aliphatic carbocycles. The van der Waals surface area contributed by atoms with Gasteiger partial charge in [0.1, 0.15) is 23.4 Å². The SMILES string of the molecule is CCN(C(=O)C(CC(C)C)NC(=O)OC(C)(C)C)C(C(=O)Nc1ccc(OC)cc1)c1ccccc1C. The Hall–Kier alpha value is -3.55. The highest BCUT2D eigenvalue weighted by Gasteiger charge is 2.36. The summed E-state index contributed by atoms with van der Waals surface area (Å²) < 4.78 is 10.6. The Balaban J connectivity index is 2.44. The molecule has 3 amide bonds. The Kier molecular flexibility index (Phi) is 10.5. The number of hydrogen-bond donors (Lipinski definition) is 2. The number of alkyl carbamates (subject to hydrolysis) is 1. The molecule has 8 heteroatoms. The van der Waals surface area contributed by atoms with Crippen molar-refractivity contribution >= 4 is 23.6 Å². The van der Waals surface area contributed by atoms with Gasteiger partial charge in [-0.15, -0.1) is 0 Å². The molecule has 2 atom stereocenters. The van der Waals surface area contributed by atoms with Crippen molar-refractivity contribution in [2.24, 2.45) is 5.92 Å². The fraction of sp³-hybridized carbons (Fsp3) is 0.483. The number of methoxy groups -OCH3 is 1. The zero-order valence-electron chi connectivity index (χ0n) is 23.3. The van der Waals surface area contributed by atoms with E-state index in [-0.39, 0.29) is 24.3 Å². The van der Waals surface area contributed by atoms with E-state index in [1.165, 1.54) is 4.90 Å². The van der Waals surface area contributed by atoms with Crippen LogP contribution in [0.3, 0.4) is 0 Å². The van der Waals surface area contributed by atoms with Crippen LogP contribution in [0.1, 0.15) is 65.1 Å². The highest BCUT2D eigenvalue weighted by molar-refractivity contribution is 5.99. The summed E-state index contributed by atoms with van der Waals surface area (Å²) in [6, 6.07) is 12.7. The van der Waals surface area contributed by atoms with Gasteiger partial charge in [0, 0.05) is 12.2 Å². The van der Waals surface area contributed by atoms with Crippen molar-refractivity contribution in [3.8, 4) is 5.75 Å². The van der Waals surface area contributed by atoms with E-state index in [4.69, 9.17) is 9.47 Å². The first-order chi connectivity index (χ1) is 17.4. The minimum atomic E-state index is -0.907. The molecule has 0 spiro atoms. The maximum absolute atomic E-state index is 13.9. The number of benzene rings is 2. The van der Waals surface area contributed by atoms with E-state index < -0.39 is 23.8 Å². The number of aryl methyl sites for hydroxylation is 1. The third kappa shape index (κ3) is 8.81. The molecule has 0 aromatic heterocycles. The number of carbonyl (C=O) groups excluding carboxylic acids is 3. The maximum atomic E-state index is 13.9. The van der Waals surface area contributed by atoms with Crippen LogP contribution < -0.4 is 15.4 Å². The summed E-state index contributed by atoms with van der Waals surface area (Å²) >= 11 is 0. The van der Waals surface area contributed by atoms with Gasteiger partial charge in [0.2, 0.25) is 5.91 Å². The largest absolute Gasteiger partial charge is 0.497 e. The van der Waals surface area contributed by atoms with Gasteiger partial charge in [-0.25, -0.2) is 4.79 Å². The number of amides is 3. The van der Waals surface area contributed by atoms with Crippen molar-refractivity contribution in [2.45, 2.75) is 72.6 Å². The molecule has 2 aromatic carbocycles. The molecular weight excluding hydrogens is 470 g/mol. The average molecular weight is 512 g/mol. The fourth-order valence-corrected chi connectivity index (χ4v) is 4.04. The van der Waals surface area contributed by atoms with Crippen LogP contribution in [-0.2, 0) is 14.3 Å². The van der Waals surface area contributed by atoms with Gasteiger partial charge in [-0.2, -0.15) is 0 Å². The van der Waals surface area contributed by atoms with Gasteiger partial charge < -0.3 is 25.0 Å². The normalized spacial score (nSPS) is 12.9. The third-order valence-electron chi connectivity index (χ3n) is 5.72. The van der Waals surface area contributed by atoms with E-state index in [0.29, 0.717) is 23.4 Å². The Labute approximate surface area is 220 Å². The Morgan fingerprint density at radius 2 is 1.62 bits per heavy atom. The average Bonchev–Trinajstić information content (AvgIpc) is 2.81. The standard InChI is InChI=1S/C29H41N3O5/c1-9-32(27(34)24(18-19(2)3)31-28(35)37-29(5,6)7)25(23-13-11-10-12-20(23)4)26(33)30-21-14-16-22(36-8)17-15-21/h10-17,19,24-25H,9,18H2,1-8H3,(H,30,33)(H,31,35). The summed E-state index contributed by atoms with van der Waals surface area (Å²) in [7, 11) is 1.57. The van der Waals surface area contributed by atoms with Crippen LogP contribution in [-0.4, -0.2) is 48.1 Å². The lowest BCUT2D eigenvalue weighted by Gasteiger charge is -2.34. The van der Waals surface area contributed by atoms with Crippen LogP contribution in [0.15, 0.2) is 48.5 Å². The first-order valence-corrected chi connectivity index (χ1v) is 12.7. The second kappa shape index (κ2) is 13.1. The van der Waals surface area contributed by atoms with Gasteiger partial charge >= 0.3 is 6.09 Å². The number of nitrogens with zero attached hydrogens (tertiary/aromatic N) is 1. The molecule has 37 heavy (non-hydrogen) atoms. The number of likely N-dealkylation sites (N-methyl/N-ethyl adjacent to an activating group) is 1. The number of ether oxygens (including phenoxy) is 2. The smallest absolute Gasteiger partial charge is 0.408 e. The lowest BCUT2D eigenvalue weighted by atomic mass is 9.96. The zero-order chi connectivity index (χ0) is 27.8. The van der Waals surface area contributed by atoms with Gasteiger partial charge in [0.15, 0.2) is 0 Å². The van der Waals surface area contributed by atoms with Crippen LogP contribution in [0.25, 0.3) is 0 Å². The molecule has 0 radical (unpaired) electrons. The summed E-state index contributed by atoms with van der Waals surface area (Å²) in [5.74, 6) is 0.0895. The molecule has 2 aromatic rings. The molecule has 202 valence electrons. The van der Waals surface area contributed by atoms with Crippen LogP contribution in [0, 0.1) is 12.8 Å². The predicted molar refractivity (Wildman–Crippen MR) is 146 cm³/mol. The van der Waals surface area contributed by atoms with Gasteiger partial charge in [0.05, 0.1) is 7.11 Å². The number of nitrogens with one attached hydrogen (secondary N) is 2. The van der Waals surface area contributed by atoms with Crippen LogP contribution in [0.4, 0.5) is 10.5 Å². The van der Waals surface area contributed by atoms with Crippen molar-refractivity contribution < 1.29 is 23.9 Å². The van der Waals surface area contributed by atoms with Gasteiger partial charge in [-0.05, 0) is 82.3 Å². The summed E-state index contributed by atoms with van der Waals surface area (Å²) in [6.07, 6.45) is -0.271. The quantitative estimate of drug-likeness (QED) is 0.441. The minimum Gasteiger partial charge on any atom is -0.497 e. The molecule has 2 N–H and O–H groups in total. The monoisotopic (exact) mass is 511 g/mol. The Morgan fingerprint density at radius 3 is 2.14 bits per heavy atom. The molecule has 0 saturated heterocycles. The van der Waals surface area contributed by atoms with E-state index in [1.54, 1.807) is 52.1 Å². The van der Waals surface area contributed by atoms with E-state index >= 15 is 0 Å². The molecule has 2 unspecified atom stereocenters. The molecule has 0 fully saturated rings. The van der Waals surface area contributed by atoms with E-state index in [1.807, 2.05) is 52.0 Å². The van der Waals surface area contributed by atoms with Crippen LogP contribution in [0.2, 0.25) is 0 Å². The highest BCUT2D eigenvalue weighted by atomic mass is 16.6. The van der Waals surface area contributed by atoms with Crippen LogP contribution >= 0.6 is 0 Å². The lowest BCUT2D eigenvalue weighted by molar-refractivity contribution is -0.140. The lowest BCUT2D eigenvalue weighted by Crippen LogP contribution is -2.52. The predicted octanol–water partition coefficient (Wildman–Crippen LogP) is 5.47. The summed E-state index contributed by atoms with van der Waals surface area (Å²) in [5, 5.41) is 5.68. The minimum absolute atomic E-state index is 0.118. The number of carbonyl (C=O) groups is 3.